The van der Waals surface area contributed by atoms with Crippen molar-refractivity contribution in [2.24, 2.45) is 10.4 Å². The molecule has 0 saturated carbocycles. The predicted octanol–water partition coefficient (Wildman–Crippen LogP) is 4.75. The van der Waals surface area contributed by atoms with Gasteiger partial charge in [-0.25, -0.2) is 0 Å². The summed E-state index contributed by atoms with van der Waals surface area (Å²) in [7, 11) is 0. The Morgan fingerprint density at radius 1 is 1.09 bits per heavy atom. The highest BCUT2D eigenvalue weighted by Crippen LogP contribution is 2.40. The molecular weight excluding hydrogens is 428 g/mol. The van der Waals surface area contributed by atoms with Crippen LogP contribution in [-0.4, -0.2) is 46.7 Å². The lowest BCUT2D eigenvalue weighted by Crippen LogP contribution is -2.44. The van der Waals surface area contributed by atoms with Crippen molar-refractivity contribution in [1.29, 1.82) is 0 Å². The van der Waals surface area contributed by atoms with E-state index in [1.165, 1.54) is 64.6 Å². The molecule has 7 heteroatoms. The molecular formula is C26H32N6S. The largest absolute Gasteiger partial charge is 0.371 e. The van der Waals surface area contributed by atoms with Crippen LogP contribution in [0.25, 0.3) is 5.00 Å². The summed E-state index contributed by atoms with van der Waals surface area (Å²) in [5, 5.41) is 13.6. The third-order valence-corrected chi connectivity index (χ3v) is 9.04. The number of benzene rings is 1. The second kappa shape index (κ2) is 7.77. The summed E-state index contributed by atoms with van der Waals surface area (Å²) in [4.78, 5) is 9.11. The van der Waals surface area contributed by atoms with Gasteiger partial charge in [-0.3, -0.25) is 9.56 Å². The number of anilines is 1. The highest BCUT2D eigenvalue weighted by atomic mass is 32.1. The summed E-state index contributed by atoms with van der Waals surface area (Å²) >= 11 is 1.82. The Kier molecular flexibility index (Phi) is 4.96. The van der Waals surface area contributed by atoms with Gasteiger partial charge in [-0.1, -0.05) is 12.1 Å². The highest BCUT2D eigenvalue weighted by Gasteiger charge is 2.38. The molecule has 3 aliphatic heterocycles. The standard InChI is InChI=1S/C26H32N6S/c1-16-18(3)33-25-22(16)23(28-17(2)24-30-29-19(4)32(24)25)20-6-8-21(9-7-20)31-13-5-10-26(15-31)11-12-27-14-26/h6-9,17,27H,5,10-15H2,1-4H3/t17-,26?/m0/s1. The molecule has 2 fully saturated rings. The topological polar surface area (TPSA) is 58.3 Å². The van der Waals surface area contributed by atoms with E-state index in [0.29, 0.717) is 5.41 Å². The normalized spacial score (nSPS) is 24.5. The van der Waals surface area contributed by atoms with Crippen molar-refractivity contribution in [2.75, 3.05) is 31.1 Å². The Bertz CT molecular complexity index is 1230. The van der Waals surface area contributed by atoms with E-state index in [1.807, 2.05) is 18.3 Å². The van der Waals surface area contributed by atoms with E-state index in [9.17, 15) is 0 Å². The van der Waals surface area contributed by atoms with Gasteiger partial charge >= 0.3 is 0 Å². The Hall–Kier alpha value is -2.51. The van der Waals surface area contributed by atoms with Gasteiger partial charge in [0.1, 0.15) is 16.9 Å². The molecule has 3 aliphatic rings. The van der Waals surface area contributed by atoms with Gasteiger partial charge in [-0.2, -0.15) is 0 Å². The average molecular weight is 461 g/mol. The van der Waals surface area contributed by atoms with E-state index in [2.05, 4.69) is 70.0 Å². The number of aliphatic imine (C=N–C) groups is 1. The minimum atomic E-state index is -0.0444. The van der Waals surface area contributed by atoms with E-state index < -0.39 is 0 Å². The van der Waals surface area contributed by atoms with E-state index in [4.69, 9.17) is 4.99 Å². The molecule has 2 saturated heterocycles. The molecule has 0 amide bonds. The van der Waals surface area contributed by atoms with Crippen molar-refractivity contribution < 1.29 is 0 Å². The summed E-state index contributed by atoms with van der Waals surface area (Å²) in [6, 6.07) is 9.09. The Morgan fingerprint density at radius 2 is 1.91 bits per heavy atom. The number of hydrogen-bond acceptors (Lipinski definition) is 6. The Labute approximate surface area is 199 Å². The fourth-order valence-corrected chi connectivity index (χ4v) is 7.10. The maximum Gasteiger partial charge on any atom is 0.162 e. The highest BCUT2D eigenvalue weighted by molar-refractivity contribution is 7.15. The first kappa shape index (κ1) is 21.1. The molecule has 1 N–H and O–H groups in total. The lowest BCUT2D eigenvalue weighted by Gasteiger charge is -2.41. The molecule has 1 aromatic carbocycles. The van der Waals surface area contributed by atoms with Crippen LogP contribution in [0.4, 0.5) is 5.69 Å². The lowest BCUT2D eigenvalue weighted by atomic mass is 9.79. The molecule has 2 atom stereocenters. The van der Waals surface area contributed by atoms with Gasteiger partial charge in [0.05, 0.1) is 5.71 Å². The third-order valence-electron chi connectivity index (χ3n) is 7.85. The van der Waals surface area contributed by atoms with E-state index in [1.54, 1.807) is 0 Å². The summed E-state index contributed by atoms with van der Waals surface area (Å²) in [6.45, 7) is 13.2. The van der Waals surface area contributed by atoms with Gasteiger partial charge < -0.3 is 10.2 Å². The number of aromatic nitrogens is 3. The smallest absolute Gasteiger partial charge is 0.162 e. The maximum absolute atomic E-state index is 5.19. The monoisotopic (exact) mass is 460 g/mol. The summed E-state index contributed by atoms with van der Waals surface area (Å²) in [5.41, 5.74) is 6.58. The fraction of sp³-hybridized carbons (Fsp3) is 0.500. The average Bonchev–Trinajstić information content (AvgIpc) is 3.48. The first-order chi connectivity index (χ1) is 16.0. The minimum Gasteiger partial charge on any atom is -0.371 e. The van der Waals surface area contributed by atoms with Crippen molar-refractivity contribution in [1.82, 2.24) is 20.1 Å². The number of rotatable bonds is 2. The minimum absolute atomic E-state index is 0.0444. The molecule has 6 rings (SSSR count). The van der Waals surface area contributed by atoms with Crippen molar-refractivity contribution >= 4 is 22.7 Å². The molecule has 0 bridgehead atoms. The van der Waals surface area contributed by atoms with Crippen LogP contribution in [0.3, 0.4) is 0 Å². The van der Waals surface area contributed by atoms with Gasteiger partial charge in [-0.05, 0) is 71.2 Å². The van der Waals surface area contributed by atoms with E-state index in [0.717, 1.165) is 30.5 Å². The molecule has 2 aromatic heterocycles. The van der Waals surface area contributed by atoms with Gasteiger partial charge in [0.2, 0.25) is 0 Å². The van der Waals surface area contributed by atoms with Crippen LogP contribution in [0, 0.1) is 26.2 Å². The molecule has 172 valence electrons. The van der Waals surface area contributed by atoms with Crippen LogP contribution < -0.4 is 10.2 Å². The number of thiophene rings is 1. The van der Waals surface area contributed by atoms with Crippen LogP contribution in [0.2, 0.25) is 0 Å². The Balaban J connectivity index is 1.38. The van der Waals surface area contributed by atoms with Crippen LogP contribution >= 0.6 is 11.3 Å². The molecule has 6 nitrogen and oxygen atoms in total. The molecule has 33 heavy (non-hydrogen) atoms. The SMILES string of the molecule is Cc1sc2c(c1C)C(c1ccc(N3CCCC4(CCNC4)C3)cc1)=N[C@@H](C)c1nnc(C)n1-2. The van der Waals surface area contributed by atoms with E-state index in [-0.39, 0.29) is 6.04 Å². The summed E-state index contributed by atoms with van der Waals surface area (Å²) in [5.74, 6) is 1.84. The van der Waals surface area contributed by atoms with Crippen molar-refractivity contribution in [3.05, 3.63) is 57.5 Å². The van der Waals surface area contributed by atoms with Gasteiger partial charge in [-0.15, -0.1) is 21.5 Å². The first-order valence-corrected chi connectivity index (χ1v) is 12.9. The quantitative estimate of drug-likeness (QED) is 0.600. The number of aryl methyl sites for hydroxylation is 2. The Morgan fingerprint density at radius 3 is 2.67 bits per heavy atom. The summed E-state index contributed by atoms with van der Waals surface area (Å²) in [6.07, 6.45) is 3.94. The number of fused-ring (bicyclic) bond motifs is 3. The number of hydrogen-bond donors (Lipinski definition) is 1. The second-order valence-corrected chi connectivity index (χ2v) is 11.3. The first-order valence-electron chi connectivity index (χ1n) is 12.1. The number of nitrogens with zero attached hydrogens (tertiary/aromatic N) is 5. The van der Waals surface area contributed by atoms with Crippen molar-refractivity contribution in [3.8, 4) is 5.00 Å². The van der Waals surface area contributed by atoms with Gasteiger partial charge in [0, 0.05) is 46.7 Å². The maximum atomic E-state index is 5.19. The predicted molar refractivity (Wildman–Crippen MR) is 135 cm³/mol. The zero-order valence-electron chi connectivity index (χ0n) is 20.0. The lowest BCUT2D eigenvalue weighted by molar-refractivity contribution is 0.261. The molecule has 1 spiro atoms. The molecule has 1 unspecified atom stereocenters. The van der Waals surface area contributed by atoms with E-state index >= 15 is 0 Å². The van der Waals surface area contributed by atoms with Crippen molar-refractivity contribution in [3.63, 3.8) is 0 Å². The molecule has 0 radical (unpaired) electrons. The van der Waals surface area contributed by atoms with Gasteiger partial charge in [0.15, 0.2) is 5.82 Å². The summed E-state index contributed by atoms with van der Waals surface area (Å²) < 4.78 is 2.21. The molecule has 0 aliphatic carbocycles. The van der Waals surface area contributed by atoms with Crippen LogP contribution in [-0.2, 0) is 0 Å². The number of piperidine rings is 1. The zero-order valence-corrected chi connectivity index (χ0v) is 20.8. The van der Waals surface area contributed by atoms with Crippen LogP contribution in [0.15, 0.2) is 29.3 Å². The van der Waals surface area contributed by atoms with Crippen LogP contribution in [0.1, 0.15) is 65.4 Å². The van der Waals surface area contributed by atoms with Gasteiger partial charge in [0.25, 0.3) is 0 Å². The molecule has 5 heterocycles. The zero-order chi connectivity index (χ0) is 22.7. The third kappa shape index (κ3) is 3.36. The molecule has 3 aromatic rings. The van der Waals surface area contributed by atoms with Crippen molar-refractivity contribution in [2.45, 2.75) is 53.0 Å². The number of nitrogens with one attached hydrogen (secondary N) is 1. The van der Waals surface area contributed by atoms with Crippen LogP contribution in [0.5, 0.6) is 0 Å². The second-order valence-electron chi connectivity index (χ2n) is 10.1. The fourth-order valence-electron chi connectivity index (χ4n) is 5.88.